The molecule has 0 fully saturated rings. The highest BCUT2D eigenvalue weighted by Gasteiger charge is 2.25. The summed E-state index contributed by atoms with van der Waals surface area (Å²) in [6.45, 7) is 0. The quantitative estimate of drug-likeness (QED) is 0.633. The minimum atomic E-state index is -3.65. The molecule has 0 unspecified atom stereocenters. The first kappa shape index (κ1) is 15.4. The number of hydrogen-bond acceptors (Lipinski definition) is 5. The summed E-state index contributed by atoms with van der Waals surface area (Å²) < 4.78 is 38.2. The molecule has 0 aliphatic carbocycles. The summed E-state index contributed by atoms with van der Waals surface area (Å²) in [4.78, 5) is 9.83. The monoisotopic (exact) mass is 333 g/mol. The highest BCUT2D eigenvalue weighted by molar-refractivity contribution is 7.90. The number of nitro groups is 1. The lowest BCUT2D eigenvalue weighted by atomic mass is 10.1. The lowest BCUT2D eigenvalue weighted by Gasteiger charge is -2.00. The second-order valence-electron chi connectivity index (χ2n) is 4.28. The topological polar surface area (TPSA) is 95.1 Å². The normalized spacial score (nSPS) is 11.6. The van der Waals surface area contributed by atoms with E-state index >= 15 is 0 Å². The number of non-ortho nitro benzene ring substituents is 1. The Morgan fingerprint density at radius 3 is 2.48 bits per heavy atom. The van der Waals surface area contributed by atoms with Gasteiger partial charge in [0.2, 0.25) is 0 Å². The highest BCUT2D eigenvalue weighted by atomic mass is 35.5. The van der Waals surface area contributed by atoms with Crippen molar-refractivity contribution in [1.29, 1.82) is 0 Å². The van der Waals surface area contributed by atoms with Gasteiger partial charge in [0.1, 0.15) is 16.5 Å². The van der Waals surface area contributed by atoms with E-state index in [1.54, 1.807) is 0 Å². The molecule has 10 heteroatoms. The van der Waals surface area contributed by atoms with Gasteiger partial charge in [-0.1, -0.05) is 11.6 Å². The predicted octanol–water partition coefficient (Wildman–Crippen LogP) is 2.19. The molecule has 0 saturated heterocycles. The van der Waals surface area contributed by atoms with Crippen LogP contribution in [0.2, 0.25) is 5.02 Å². The van der Waals surface area contributed by atoms with Gasteiger partial charge in [-0.05, 0) is 6.07 Å². The van der Waals surface area contributed by atoms with E-state index in [0.717, 1.165) is 29.1 Å². The second-order valence-corrected chi connectivity index (χ2v) is 6.59. The Labute approximate surface area is 124 Å². The molecule has 0 bridgehead atoms. The van der Waals surface area contributed by atoms with E-state index in [9.17, 15) is 22.9 Å². The number of aryl methyl sites for hydroxylation is 1. The number of benzene rings is 1. The van der Waals surface area contributed by atoms with Crippen LogP contribution in [-0.2, 0) is 16.9 Å². The van der Waals surface area contributed by atoms with E-state index < -0.39 is 26.3 Å². The molecular weight excluding hydrogens is 325 g/mol. The Kier molecular flexibility index (Phi) is 3.72. The van der Waals surface area contributed by atoms with Crippen LogP contribution in [0.4, 0.5) is 10.1 Å². The van der Waals surface area contributed by atoms with Crippen LogP contribution in [0, 0.1) is 15.9 Å². The average molecular weight is 334 g/mol. The largest absolute Gasteiger partial charge is 0.272 e. The van der Waals surface area contributed by atoms with Gasteiger partial charge in [-0.2, -0.15) is 5.10 Å². The van der Waals surface area contributed by atoms with Crippen molar-refractivity contribution in [2.75, 3.05) is 6.26 Å². The fourth-order valence-corrected chi connectivity index (χ4v) is 3.49. The maximum atomic E-state index is 14.0. The maximum Gasteiger partial charge on any atom is 0.272 e. The molecule has 0 saturated carbocycles. The highest BCUT2D eigenvalue weighted by Crippen LogP contribution is 2.34. The molecule has 0 atom stereocenters. The lowest BCUT2D eigenvalue weighted by molar-refractivity contribution is -0.385. The average Bonchev–Trinajstić information content (AvgIpc) is 2.63. The molecule has 0 spiro atoms. The first-order valence-corrected chi connectivity index (χ1v) is 7.76. The fraction of sp³-hybridized carbons (Fsp3) is 0.182. The number of nitro benzene ring substituents is 1. The van der Waals surface area contributed by atoms with Crippen LogP contribution in [0.5, 0.6) is 0 Å². The van der Waals surface area contributed by atoms with Crippen LogP contribution in [0.3, 0.4) is 0 Å². The van der Waals surface area contributed by atoms with Gasteiger partial charge in [-0.25, -0.2) is 12.8 Å². The molecular formula is C11H9ClFN3O4S. The minimum absolute atomic E-state index is 0.0908. The number of halogens is 2. The van der Waals surface area contributed by atoms with Crippen LogP contribution in [0.1, 0.15) is 0 Å². The van der Waals surface area contributed by atoms with Crippen molar-refractivity contribution in [2.45, 2.75) is 5.03 Å². The molecule has 0 radical (unpaired) electrons. The van der Waals surface area contributed by atoms with Gasteiger partial charge in [0.05, 0.1) is 11.0 Å². The minimum Gasteiger partial charge on any atom is -0.258 e. The molecule has 2 rings (SSSR count). The Morgan fingerprint density at radius 2 is 2.05 bits per heavy atom. The SMILES string of the molecule is Cn1nc(-c2ccc([N+](=O)[O-])cc2F)c(Cl)c1S(C)(=O)=O. The number of nitrogens with zero attached hydrogens (tertiary/aromatic N) is 3. The summed E-state index contributed by atoms with van der Waals surface area (Å²) in [5, 5.41) is 14.0. The van der Waals surface area contributed by atoms with Gasteiger partial charge < -0.3 is 0 Å². The first-order valence-electron chi connectivity index (χ1n) is 5.49. The zero-order valence-electron chi connectivity index (χ0n) is 10.9. The third kappa shape index (κ3) is 2.74. The van der Waals surface area contributed by atoms with Gasteiger partial charge in [0.15, 0.2) is 14.9 Å². The summed E-state index contributed by atoms with van der Waals surface area (Å²) in [6.07, 6.45) is 0.950. The van der Waals surface area contributed by atoms with Crippen molar-refractivity contribution in [3.8, 4) is 11.3 Å². The van der Waals surface area contributed by atoms with Crippen LogP contribution >= 0.6 is 11.6 Å². The van der Waals surface area contributed by atoms with Gasteiger partial charge >= 0.3 is 0 Å². The van der Waals surface area contributed by atoms with Crippen molar-refractivity contribution in [2.24, 2.45) is 7.05 Å². The maximum absolute atomic E-state index is 14.0. The van der Waals surface area contributed by atoms with E-state index in [-0.39, 0.29) is 21.3 Å². The van der Waals surface area contributed by atoms with Crippen molar-refractivity contribution in [3.63, 3.8) is 0 Å². The molecule has 1 aromatic heterocycles. The third-order valence-electron chi connectivity index (χ3n) is 2.71. The molecule has 1 aromatic carbocycles. The van der Waals surface area contributed by atoms with Gasteiger partial charge in [-0.3, -0.25) is 14.8 Å². The first-order chi connectivity index (χ1) is 9.62. The Bertz CT molecular complexity index is 847. The molecule has 0 amide bonds. The van der Waals surface area contributed by atoms with Gasteiger partial charge in [-0.15, -0.1) is 0 Å². The summed E-state index contributed by atoms with van der Waals surface area (Å²) in [7, 11) is -2.29. The third-order valence-corrected chi connectivity index (χ3v) is 4.35. The van der Waals surface area contributed by atoms with E-state index in [4.69, 9.17) is 11.6 Å². The van der Waals surface area contributed by atoms with Crippen molar-refractivity contribution in [3.05, 3.63) is 39.2 Å². The summed E-state index contributed by atoms with van der Waals surface area (Å²) in [5.74, 6) is -0.913. The number of sulfone groups is 1. The molecule has 112 valence electrons. The van der Waals surface area contributed by atoms with Crippen LogP contribution in [0.15, 0.2) is 23.2 Å². The summed E-state index contributed by atoms with van der Waals surface area (Å²) >= 11 is 5.96. The molecule has 0 N–H and O–H groups in total. The van der Waals surface area contributed by atoms with E-state index in [2.05, 4.69) is 5.10 Å². The van der Waals surface area contributed by atoms with Gasteiger partial charge in [0.25, 0.3) is 5.69 Å². The summed E-state index contributed by atoms with van der Waals surface area (Å²) in [5.41, 5.74) is -0.630. The molecule has 21 heavy (non-hydrogen) atoms. The Balaban J connectivity index is 2.67. The number of hydrogen-bond donors (Lipinski definition) is 0. The van der Waals surface area contributed by atoms with Crippen LogP contribution in [-0.4, -0.2) is 29.4 Å². The zero-order chi connectivity index (χ0) is 15.9. The van der Waals surface area contributed by atoms with Crippen molar-refractivity contribution >= 4 is 27.1 Å². The van der Waals surface area contributed by atoms with E-state index in [1.807, 2.05) is 0 Å². The van der Waals surface area contributed by atoms with Gasteiger partial charge in [0, 0.05) is 24.9 Å². The number of rotatable bonds is 3. The summed E-state index contributed by atoms with van der Waals surface area (Å²) in [6, 6.07) is 2.94. The molecule has 0 aliphatic heterocycles. The van der Waals surface area contributed by atoms with E-state index in [1.165, 1.54) is 7.05 Å². The predicted molar refractivity (Wildman–Crippen MR) is 73.4 cm³/mol. The zero-order valence-corrected chi connectivity index (χ0v) is 12.4. The lowest BCUT2D eigenvalue weighted by Crippen LogP contribution is -2.05. The molecule has 0 aliphatic rings. The standard InChI is InChI=1S/C11H9ClFN3O4S/c1-15-11(21(2,19)20)9(12)10(14-15)7-4-3-6(16(17)18)5-8(7)13/h3-5H,1-2H3. The molecule has 2 aromatic rings. The second kappa shape index (κ2) is 5.08. The molecule has 1 heterocycles. The smallest absolute Gasteiger partial charge is 0.258 e. The Hall–Kier alpha value is -2.00. The van der Waals surface area contributed by atoms with Crippen LogP contribution < -0.4 is 0 Å². The molecule has 7 nitrogen and oxygen atoms in total. The number of aromatic nitrogens is 2. The fourth-order valence-electron chi connectivity index (χ4n) is 1.87. The van der Waals surface area contributed by atoms with Crippen molar-refractivity contribution < 1.29 is 17.7 Å². The Morgan fingerprint density at radius 1 is 1.43 bits per heavy atom. The van der Waals surface area contributed by atoms with E-state index in [0.29, 0.717) is 0 Å². The van der Waals surface area contributed by atoms with Crippen molar-refractivity contribution in [1.82, 2.24) is 9.78 Å². The van der Waals surface area contributed by atoms with Crippen LogP contribution in [0.25, 0.3) is 11.3 Å².